The smallest absolute Gasteiger partial charge is 0.177 e. The molecule has 1 aliphatic carbocycles. The van der Waals surface area contributed by atoms with E-state index in [1.165, 1.54) is 69.0 Å². The van der Waals surface area contributed by atoms with Gasteiger partial charge in [0.15, 0.2) is 5.58 Å². The van der Waals surface area contributed by atoms with Crippen LogP contribution in [0, 0.1) is 22.7 Å². The summed E-state index contributed by atoms with van der Waals surface area (Å²) >= 11 is 0. The zero-order valence-electron chi connectivity index (χ0n) is 40.1. The quantitative estimate of drug-likeness (QED) is 0.165. The fourth-order valence-electron chi connectivity index (χ4n) is 12.5. The second-order valence-corrected chi connectivity index (χ2v) is 19.9. The third-order valence-corrected chi connectivity index (χ3v) is 16.0. The molecular formula is C67H43N5O2. The molecule has 74 heavy (non-hydrogen) atoms. The van der Waals surface area contributed by atoms with Crippen molar-refractivity contribution in [2.45, 2.75) is 37.5 Å². The Balaban J connectivity index is 0.729. The highest BCUT2D eigenvalue weighted by atomic mass is 16.3. The molecule has 0 spiro atoms. The van der Waals surface area contributed by atoms with Crippen LogP contribution in [0.15, 0.2) is 209 Å². The maximum absolute atomic E-state index is 9.74. The van der Waals surface area contributed by atoms with E-state index in [0.29, 0.717) is 28.5 Å². The number of pyridine rings is 1. The molecular weight excluding hydrogens is 907 g/mol. The fourth-order valence-corrected chi connectivity index (χ4v) is 12.5. The van der Waals surface area contributed by atoms with E-state index in [4.69, 9.17) is 13.8 Å². The predicted molar refractivity (Wildman–Crippen MR) is 298 cm³/mol. The number of nitrogens with zero attached hydrogens (tertiary/aromatic N) is 5. The van der Waals surface area contributed by atoms with Gasteiger partial charge in [-0.05, 0) is 161 Å². The highest BCUT2D eigenvalue weighted by Crippen LogP contribution is 2.46. The Labute approximate surface area is 425 Å². The second-order valence-electron chi connectivity index (χ2n) is 19.9. The second kappa shape index (κ2) is 16.4. The number of hydrogen-bond acceptors (Lipinski definition) is 5. The lowest BCUT2D eigenvalue weighted by Crippen LogP contribution is -2.16. The number of para-hydroxylation sites is 2. The van der Waals surface area contributed by atoms with E-state index in [9.17, 15) is 10.5 Å². The molecule has 0 radical (unpaired) electrons. The van der Waals surface area contributed by atoms with E-state index in [2.05, 4.69) is 161 Å². The molecule has 1 fully saturated rings. The van der Waals surface area contributed by atoms with E-state index in [-0.39, 0.29) is 0 Å². The summed E-state index contributed by atoms with van der Waals surface area (Å²) in [4.78, 5) is 4.88. The summed E-state index contributed by atoms with van der Waals surface area (Å²) in [5, 5.41) is 27.0. The number of nitriles is 2. The van der Waals surface area contributed by atoms with Crippen molar-refractivity contribution in [1.82, 2.24) is 14.1 Å². The molecule has 0 saturated heterocycles. The first kappa shape index (κ1) is 42.0. The largest absolute Gasteiger partial charge is 0.456 e. The van der Waals surface area contributed by atoms with Gasteiger partial charge >= 0.3 is 0 Å². The average molecular weight is 950 g/mol. The van der Waals surface area contributed by atoms with Gasteiger partial charge in [0.25, 0.3) is 0 Å². The molecule has 0 aliphatic heterocycles. The summed E-state index contributed by atoms with van der Waals surface area (Å²) in [6.45, 7) is 0. The van der Waals surface area contributed by atoms with Gasteiger partial charge in [0.05, 0.1) is 51.0 Å². The van der Waals surface area contributed by atoms with Gasteiger partial charge in [-0.25, -0.2) is 0 Å². The van der Waals surface area contributed by atoms with Crippen molar-refractivity contribution in [1.29, 1.82) is 10.5 Å². The minimum Gasteiger partial charge on any atom is -0.456 e. The van der Waals surface area contributed by atoms with Crippen LogP contribution in [0.3, 0.4) is 0 Å². The fraction of sp³-hybridized carbons (Fsp3) is 0.0896. The Bertz CT molecular complexity index is 4640. The van der Waals surface area contributed by atoms with Gasteiger partial charge in [0.2, 0.25) is 0 Å². The van der Waals surface area contributed by atoms with Gasteiger partial charge in [-0.15, -0.1) is 0 Å². The van der Waals surface area contributed by atoms with E-state index in [1.807, 2.05) is 60.8 Å². The van der Waals surface area contributed by atoms with Crippen molar-refractivity contribution in [3.8, 4) is 45.8 Å². The third-order valence-electron chi connectivity index (χ3n) is 16.0. The lowest BCUT2D eigenvalue weighted by molar-refractivity contribution is 0.386. The normalized spacial score (nSPS) is 15.1. The third kappa shape index (κ3) is 6.47. The van der Waals surface area contributed by atoms with Gasteiger partial charge in [0, 0.05) is 49.6 Å². The molecule has 0 N–H and O–H groups in total. The maximum atomic E-state index is 9.74. The Morgan fingerprint density at radius 2 is 0.932 bits per heavy atom. The standard InChI is InChI=1S/C67H43N5O2/c68-38-40-13-26-60-53(33-40)54-34-41(39-69)14-27-61(54)72(60)62-31-32-70-66-57-37-45(22-30-65(57)74-67(62)66)42-15-17-43(18-16-42)49-7-1-2-8-50(49)44-19-24-48(25-20-44)71-58-11-5-3-9-51(58)55-35-46(21-28-59(55)71)47-23-29-64-56(36-47)52-10-4-6-12-63(52)73-64/h3-6,9-37,49-50H,1-2,7-8H2/t49?,50-/m1/s1. The summed E-state index contributed by atoms with van der Waals surface area (Å²) in [5.74, 6) is 0.857. The summed E-state index contributed by atoms with van der Waals surface area (Å²) in [6, 6.07) is 73.4. The Morgan fingerprint density at radius 1 is 0.419 bits per heavy atom. The van der Waals surface area contributed by atoms with Crippen LogP contribution in [0.25, 0.3) is 121 Å². The van der Waals surface area contributed by atoms with E-state index >= 15 is 0 Å². The van der Waals surface area contributed by atoms with Crippen LogP contribution in [0.4, 0.5) is 0 Å². The molecule has 0 bridgehead atoms. The molecule has 1 unspecified atom stereocenters. The van der Waals surface area contributed by atoms with Crippen LogP contribution >= 0.6 is 0 Å². The molecule has 0 amide bonds. The number of rotatable bonds is 6. The number of fused-ring (bicyclic) bond motifs is 12. The Hall–Kier alpha value is -9.69. The minimum atomic E-state index is 0.427. The van der Waals surface area contributed by atoms with Crippen molar-refractivity contribution in [2.24, 2.45) is 0 Å². The number of hydrogen-bond donors (Lipinski definition) is 0. The van der Waals surface area contributed by atoms with Crippen LogP contribution in [0.5, 0.6) is 0 Å². The summed E-state index contributed by atoms with van der Waals surface area (Å²) in [5.41, 5.74) is 18.8. The van der Waals surface area contributed by atoms with Crippen LogP contribution < -0.4 is 0 Å². The van der Waals surface area contributed by atoms with Crippen LogP contribution in [-0.2, 0) is 0 Å². The lowest BCUT2D eigenvalue weighted by atomic mass is 9.72. The van der Waals surface area contributed by atoms with Crippen molar-refractivity contribution in [2.75, 3.05) is 0 Å². The zero-order valence-corrected chi connectivity index (χ0v) is 40.1. The number of furan rings is 2. The summed E-state index contributed by atoms with van der Waals surface area (Å²) in [6.07, 6.45) is 6.62. The van der Waals surface area contributed by atoms with Crippen LogP contribution in [-0.4, -0.2) is 14.1 Å². The van der Waals surface area contributed by atoms with Crippen LogP contribution in [0.2, 0.25) is 0 Å². The SMILES string of the molecule is N#Cc1ccc2c(c1)c1cc(C#N)ccc1n2-c1ccnc2c1oc1ccc(-c3ccc(C4CCCC[C@@H]4c4ccc(-n5c6ccccc6c6cc(-c7ccc8oc9ccccc9c8c7)ccc65)cc4)cc3)cc12. The van der Waals surface area contributed by atoms with Gasteiger partial charge in [-0.2, -0.15) is 10.5 Å². The molecule has 14 aromatic rings. The molecule has 9 aromatic carbocycles. The molecule has 2 atom stereocenters. The zero-order chi connectivity index (χ0) is 49.0. The molecule has 15 rings (SSSR count). The highest BCUT2D eigenvalue weighted by Gasteiger charge is 2.28. The first-order chi connectivity index (χ1) is 36.6. The van der Waals surface area contributed by atoms with Crippen molar-refractivity contribution in [3.05, 3.63) is 223 Å². The van der Waals surface area contributed by atoms with Gasteiger partial charge in [0.1, 0.15) is 22.3 Å². The van der Waals surface area contributed by atoms with Crippen molar-refractivity contribution < 1.29 is 8.83 Å². The van der Waals surface area contributed by atoms with E-state index < -0.39 is 0 Å². The molecule has 1 saturated carbocycles. The first-order valence-electron chi connectivity index (χ1n) is 25.4. The Morgan fingerprint density at radius 3 is 1.64 bits per heavy atom. The highest BCUT2D eigenvalue weighted by molar-refractivity contribution is 6.14. The minimum absolute atomic E-state index is 0.427. The van der Waals surface area contributed by atoms with Crippen LogP contribution in [0.1, 0.15) is 59.8 Å². The van der Waals surface area contributed by atoms with Gasteiger partial charge < -0.3 is 18.0 Å². The molecule has 7 nitrogen and oxygen atoms in total. The summed E-state index contributed by atoms with van der Waals surface area (Å²) in [7, 11) is 0. The number of aromatic nitrogens is 3. The molecule has 348 valence electrons. The molecule has 5 aromatic heterocycles. The van der Waals surface area contributed by atoms with Gasteiger partial charge in [-0.1, -0.05) is 104 Å². The average Bonchev–Trinajstić information content (AvgIpc) is 4.24. The molecule has 5 heterocycles. The van der Waals surface area contributed by atoms with Crippen molar-refractivity contribution >= 4 is 87.6 Å². The predicted octanol–water partition coefficient (Wildman–Crippen LogP) is 17.6. The van der Waals surface area contributed by atoms with E-state index in [0.717, 1.165) is 83.5 Å². The lowest BCUT2D eigenvalue weighted by Gasteiger charge is -2.32. The Kier molecular flexibility index (Phi) is 9.33. The number of benzene rings is 9. The molecule has 7 heteroatoms. The monoisotopic (exact) mass is 949 g/mol. The maximum Gasteiger partial charge on any atom is 0.177 e. The van der Waals surface area contributed by atoms with E-state index in [1.54, 1.807) is 0 Å². The topological polar surface area (TPSA) is 96.6 Å². The first-order valence-corrected chi connectivity index (χ1v) is 25.4. The summed E-state index contributed by atoms with van der Waals surface area (Å²) < 4.78 is 17.4. The van der Waals surface area contributed by atoms with Crippen molar-refractivity contribution in [3.63, 3.8) is 0 Å². The van der Waals surface area contributed by atoms with Gasteiger partial charge in [-0.3, -0.25) is 4.98 Å². The molecule has 1 aliphatic rings.